The zero-order valence-corrected chi connectivity index (χ0v) is 17.6. The van der Waals surface area contributed by atoms with Gasteiger partial charge in [0.05, 0.1) is 18.2 Å². The molecule has 0 spiro atoms. The molecule has 0 aliphatic carbocycles. The van der Waals surface area contributed by atoms with Crippen LogP contribution in [-0.4, -0.2) is 67.9 Å². The summed E-state index contributed by atoms with van der Waals surface area (Å²) in [5.74, 6) is 2.12. The lowest BCUT2D eigenvalue weighted by Gasteiger charge is -2.35. The Morgan fingerprint density at radius 2 is 1.97 bits per heavy atom. The predicted octanol–water partition coefficient (Wildman–Crippen LogP) is 2.76. The van der Waals surface area contributed by atoms with Crippen molar-refractivity contribution in [3.05, 3.63) is 23.8 Å². The van der Waals surface area contributed by atoms with Gasteiger partial charge in [-0.15, -0.1) is 0 Å². The van der Waals surface area contributed by atoms with Gasteiger partial charge in [0.1, 0.15) is 19.3 Å². The van der Waals surface area contributed by atoms with Crippen LogP contribution in [0.15, 0.2) is 18.2 Å². The molecule has 0 unspecified atom stereocenters. The summed E-state index contributed by atoms with van der Waals surface area (Å²) in [6, 6.07) is 7.45. The van der Waals surface area contributed by atoms with Crippen molar-refractivity contribution in [3.63, 3.8) is 0 Å². The van der Waals surface area contributed by atoms with Gasteiger partial charge in [0, 0.05) is 19.2 Å². The van der Waals surface area contributed by atoms with E-state index in [0.717, 1.165) is 50.8 Å². The molecular formula is C21H29N3O4S. The number of hydrogen-bond acceptors (Lipinski definition) is 6. The standard InChI is InChI=1S/C21H27N3O4.H2S/c22-13-17-3-4-19-20(12-17)28-18(15-27-19)14-23-8-5-16(6-9-23)2-1-7-24-10-11-26-21(24)25;/h3-4,12,16,18H,1-2,5-11,14-15H2;1H2/t18-;/m0./s1. The van der Waals surface area contributed by atoms with Crippen LogP contribution >= 0.6 is 13.5 Å². The molecule has 8 heteroatoms. The fraction of sp³-hybridized carbons (Fsp3) is 0.619. The smallest absolute Gasteiger partial charge is 0.409 e. The van der Waals surface area contributed by atoms with Gasteiger partial charge in [0.2, 0.25) is 0 Å². The van der Waals surface area contributed by atoms with Crippen LogP contribution < -0.4 is 9.47 Å². The Morgan fingerprint density at radius 1 is 1.14 bits per heavy atom. The molecule has 1 atom stereocenters. The molecule has 3 heterocycles. The molecule has 158 valence electrons. The topological polar surface area (TPSA) is 75.0 Å². The van der Waals surface area contributed by atoms with E-state index in [1.165, 1.54) is 19.3 Å². The number of fused-ring (bicyclic) bond motifs is 1. The number of likely N-dealkylation sites (tertiary alicyclic amines) is 1. The molecule has 4 rings (SSSR count). The van der Waals surface area contributed by atoms with Gasteiger partial charge in [-0.25, -0.2) is 4.79 Å². The number of nitrogens with zero attached hydrogens (tertiary/aromatic N) is 3. The summed E-state index contributed by atoms with van der Waals surface area (Å²) in [4.78, 5) is 15.7. The van der Waals surface area contributed by atoms with Gasteiger partial charge >= 0.3 is 6.09 Å². The van der Waals surface area contributed by atoms with Crippen LogP contribution in [0.4, 0.5) is 4.79 Å². The zero-order chi connectivity index (χ0) is 19.3. The van der Waals surface area contributed by atoms with Crippen molar-refractivity contribution in [2.75, 3.05) is 45.9 Å². The molecule has 29 heavy (non-hydrogen) atoms. The van der Waals surface area contributed by atoms with E-state index in [1.807, 2.05) is 4.90 Å². The Balaban J connectivity index is 0.00000240. The minimum absolute atomic E-state index is 0. The molecule has 3 aliphatic heterocycles. The average molecular weight is 420 g/mol. The van der Waals surface area contributed by atoms with Crippen molar-refractivity contribution < 1.29 is 19.0 Å². The predicted molar refractivity (Wildman–Crippen MR) is 113 cm³/mol. The van der Waals surface area contributed by atoms with Crippen LogP contribution in [0.5, 0.6) is 11.5 Å². The lowest BCUT2D eigenvalue weighted by atomic mass is 9.92. The Kier molecular flexibility index (Phi) is 7.51. The number of nitriles is 1. The fourth-order valence-electron chi connectivity index (χ4n) is 4.22. The first-order chi connectivity index (χ1) is 13.7. The van der Waals surface area contributed by atoms with Crippen molar-refractivity contribution in [2.45, 2.75) is 31.8 Å². The van der Waals surface area contributed by atoms with E-state index < -0.39 is 0 Å². The Hall–Kier alpha value is -2.11. The second-order valence-corrected chi connectivity index (χ2v) is 7.81. The van der Waals surface area contributed by atoms with Gasteiger partial charge in [-0.1, -0.05) is 0 Å². The molecule has 1 aromatic carbocycles. The van der Waals surface area contributed by atoms with Gasteiger partial charge in [-0.2, -0.15) is 18.8 Å². The van der Waals surface area contributed by atoms with E-state index in [4.69, 9.17) is 19.5 Å². The number of carbonyl (C=O) groups excluding carboxylic acids is 1. The molecule has 7 nitrogen and oxygen atoms in total. The summed E-state index contributed by atoms with van der Waals surface area (Å²) >= 11 is 0. The van der Waals surface area contributed by atoms with Crippen LogP contribution in [0.25, 0.3) is 0 Å². The van der Waals surface area contributed by atoms with Crippen LogP contribution in [0, 0.1) is 17.2 Å². The molecule has 3 aliphatic rings. The van der Waals surface area contributed by atoms with E-state index in [9.17, 15) is 4.79 Å². The van der Waals surface area contributed by atoms with Crippen molar-refractivity contribution >= 4 is 19.6 Å². The number of benzene rings is 1. The number of amides is 1. The third-order valence-electron chi connectivity index (χ3n) is 5.85. The second kappa shape index (κ2) is 10.1. The van der Waals surface area contributed by atoms with Gasteiger partial charge in [0.25, 0.3) is 0 Å². The first-order valence-corrected chi connectivity index (χ1v) is 10.2. The minimum atomic E-state index is -0.159. The van der Waals surface area contributed by atoms with Crippen molar-refractivity contribution in [1.82, 2.24) is 9.80 Å². The van der Waals surface area contributed by atoms with Crippen LogP contribution in [-0.2, 0) is 4.74 Å². The fourth-order valence-corrected chi connectivity index (χ4v) is 4.22. The van der Waals surface area contributed by atoms with Gasteiger partial charge in [-0.05, 0) is 56.8 Å². The number of carbonyl (C=O) groups is 1. The maximum Gasteiger partial charge on any atom is 0.409 e. The summed E-state index contributed by atoms with van der Waals surface area (Å²) in [6.45, 7) is 5.62. The summed E-state index contributed by atoms with van der Waals surface area (Å²) in [6.07, 6.45) is 4.44. The molecule has 0 aromatic heterocycles. The third kappa shape index (κ3) is 5.49. The summed E-state index contributed by atoms with van der Waals surface area (Å²) in [5.41, 5.74) is 0.589. The molecule has 0 saturated carbocycles. The first-order valence-electron chi connectivity index (χ1n) is 10.2. The normalized spacial score (nSPS) is 22.0. The number of cyclic esters (lactones) is 1. The van der Waals surface area contributed by atoms with E-state index in [2.05, 4.69) is 11.0 Å². The lowest BCUT2D eigenvalue weighted by molar-refractivity contribution is 0.0470. The van der Waals surface area contributed by atoms with E-state index in [-0.39, 0.29) is 25.7 Å². The van der Waals surface area contributed by atoms with Crippen LogP contribution in [0.2, 0.25) is 0 Å². The summed E-state index contributed by atoms with van der Waals surface area (Å²) < 4.78 is 16.8. The second-order valence-electron chi connectivity index (χ2n) is 7.81. The van der Waals surface area contributed by atoms with Crippen molar-refractivity contribution in [2.24, 2.45) is 5.92 Å². The molecule has 2 fully saturated rings. The Morgan fingerprint density at radius 3 is 2.69 bits per heavy atom. The van der Waals surface area contributed by atoms with E-state index in [1.54, 1.807) is 18.2 Å². The van der Waals surface area contributed by atoms with Gasteiger partial charge < -0.3 is 19.1 Å². The molecule has 0 radical (unpaired) electrons. The first kappa shape index (κ1) is 21.6. The highest BCUT2D eigenvalue weighted by atomic mass is 32.1. The van der Waals surface area contributed by atoms with Crippen LogP contribution in [0.1, 0.15) is 31.2 Å². The van der Waals surface area contributed by atoms with Crippen molar-refractivity contribution in [3.8, 4) is 17.6 Å². The lowest BCUT2D eigenvalue weighted by Crippen LogP contribution is -2.44. The molecule has 0 N–H and O–H groups in total. The largest absolute Gasteiger partial charge is 0.486 e. The average Bonchev–Trinajstić information content (AvgIpc) is 3.13. The van der Waals surface area contributed by atoms with Crippen molar-refractivity contribution in [1.29, 1.82) is 5.26 Å². The quantitative estimate of drug-likeness (QED) is 0.706. The summed E-state index contributed by atoms with van der Waals surface area (Å²) in [5, 5.41) is 9.05. The summed E-state index contributed by atoms with van der Waals surface area (Å²) in [7, 11) is 0. The van der Waals surface area contributed by atoms with E-state index >= 15 is 0 Å². The minimum Gasteiger partial charge on any atom is -0.486 e. The Bertz CT molecular complexity index is 746. The molecule has 0 bridgehead atoms. The van der Waals surface area contributed by atoms with Crippen LogP contribution in [0.3, 0.4) is 0 Å². The zero-order valence-electron chi connectivity index (χ0n) is 16.6. The third-order valence-corrected chi connectivity index (χ3v) is 5.85. The maximum absolute atomic E-state index is 11.5. The van der Waals surface area contributed by atoms with Gasteiger partial charge in [-0.3, -0.25) is 4.90 Å². The number of piperidine rings is 1. The molecule has 1 aromatic rings. The molecule has 2 saturated heterocycles. The number of hydrogen-bond donors (Lipinski definition) is 0. The highest BCUT2D eigenvalue weighted by molar-refractivity contribution is 7.59. The Labute approximate surface area is 178 Å². The van der Waals surface area contributed by atoms with E-state index in [0.29, 0.717) is 24.5 Å². The number of ether oxygens (including phenoxy) is 3. The monoisotopic (exact) mass is 419 g/mol. The highest BCUT2D eigenvalue weighted by Gasteiger charge is 2.27. The van der Waals surface area contributed by atoms with Gasteiger partial charge in [0.15, 0.2) is 11.5 Å². The number of rotatable bonds is 6. The molecule has 1 amide bonds. The molecular weight excluding hydrogens is 390 g/mol. The SMILES string of the molecule is N#Cc1ccc2c(c1)O[C@@H](CN1CCC(CCCN3CCOC3=O)CC1)CO2.S. The maximum atomic E-state index is 11.5. The highest BCUT2D eigenvalue weighted by Crippen LogP contribution is 2.33.